The Bertz CT molecular complexity index is 1250. The summed E-state index contributed by atoms with van der Waals surface area (Å²) in [5.74, 6) is 1.91. The average Bonchev–Trinajstić information content (AvgIpc) is 3.34. The normalized spacial score (nSPS) is 17.5. The third-order valence-electron chi connectivity index (χ3n) is 5.77. The van der Waals surface area contributed by atoms with Gasteiger partial charge in [0.2, 0.25) is 0 Å². The maximum atomic E-state index is 14.5. The summed E-state index contributed by atoms with van der Waals surface area (Å²) in [6, 6.07) is 4.96. The number of fused-ring (bicyclic) bond motifs is 1. The lowest BCUT2D eigenvalue weighted by Crippen LogP contribution is -2.35. The van der Waals surface area contributed by atoms with E-state index in [4.69, 9.17) is 15.2 Å². The quantitative estimate of drug-likeness (QED) is 0.563. The first kappa shape index (κ1) is 20.3. The number of aromatic amines is 1. The molecule has 1 aliphatic carbocycles. The van der Waals surface area contributed by atoms with Gasteiger partial charge in [-0.2, -0.15) is 5.10 Å². The summed E-state index contributed by atoms with van der Waals surface area (Å²) in [5, 5.41) is 8.02. The third kappa shape index (κ3) is 3.86. The molecule has 0 bridgehead atoms. The Kier molecular flexibility index (Phi) is 4.76. The van der Waals surface area contributed by atoms with Crippen LogP contribution >= 0.6 is 0 Å². The number of rotatable bonds is 6. The van der Waals surface area contributed by atoms with E-state index in [1.165, 1.54) is 12.4 Å². The van der Waals surface area contributed by atoms with Crippen molar-refractivity contribution in [3.05, 3.63) is 54.1 Å². The van der Waals surface area contributed by atoms with Crippen molar-refractivity contribution in [2.75, 3.05) is 18.0 Å². The summed E-state index contributed by atoms with van der Waals surface area (Å²) >= 11 is 0. The van der Waals surface area contributed by atoms with Crippen molar-refractivity contribution in [2.24, 2.45) is 5.73 Å². The molecule has 3 aromatic rings. The van der Waals surface area contributed by atoms with Crippen LogP contribution in [-0.4, -0.2) is 38.9 Å². The Hall–Kier alpha value is -3.62. The molecule has 0 spiro atoms. The molecule has 5 rings (SSSR count). The molecule has 0 unspecified atom stereocenters. The highest BCUT2D eigenvalue weighted by molar-refractivity contribution is 5.93. The van der Waals surface area contributed by atoms with Crippen LogP contribution in [0.3, 0.4) is 0 Å². The number of anilines is 1. The van der Waals surface area contributed by atoms with Gasteiger partial charge in [-0.3, -0.25) is 5.10 Å². The zero-order chi connectivity index (χ0) is 22.5. The predicted molar refractivity (Wildman–Crippen MR) is 119 cm³/mol. The van der Waals surface area contributed by atoms with Crippen molar-refractivity contribution in [3.63, 3.8) is 0 Å². The van der Waals surface area contributed by atoms with E-state index in [1.807, 2.05) is 13.0 Å². The number of hydrogen-bond acceptors (Lipinski definition) is 7. The second kappa shape index (κ2) is 7.51. The Morgan fingerprint density at radius 3 is 2.81 bits per heavy atom. The zero-order valence-corrected chi connectivity index (χ0v) is 18.1. The predicted octanol–water partition coefficient (Wildman–Crippen LogP) is 4.02. The topological polar surface area (TPSA) is 102 Å². The number of benzene rings is 1. The molecule has 2 aromatic heterocycles. The van der Waals surface area contributed by atoms with Gasteiger partial charge >= 0.3 is 0 Å². The summed E-state index contributed by atoms with van der Waals surface area (Å²) in [4.78, 5) is 10.9. The monoisotopic (exact) mass is 436 g/mol. The molecule has 0 radical (unpaired) electrons. The minimum absolute atomic E-state index is 0.230. The van der Waals surface area contributed by atoms with Gasteiger partial charge in [0.25, 0.3) is 0 Å². The van der Waals surface area contributed by atoms with Crippen LogP contribution < -0.4 is 15.4 Å². The van der Waals surface area contributed by atoms with Crippen LogP contribution in [0.25, 0.3) is 22.3 Å². The van der Waals surface area contributed by atoms with Gasteiger partial charge in [-0.25, -0.2) is 14.4 Å². The number of aromatic nitrogens is 4. The largest absolute Gasteiger partial charge is 0.484 e. The molecule has 1 aromatic carbocycles. The molecule has 2 aliphatic rings. The number of ether oxygens (including phenoxy) is 2. The number of H-pyrrole nitrogens is 1. The number of halogens is 1. The van der Waals surface area contributed by atoms with Crippen LogP contribution in [-0.2, 0) is 4.74 Å². The van der Waals surface area contributed by atoms with E-state index in [0.717, 1.165) is 29.8 Å². The van der Waals surface area contributed by atoms with Gasteiger partial charge in [-0.15, -0.1) is 0 Å². The first-order valence-electron chi connectivity index (χ1n) is 10.6. The van der Waals surface area contributed by atoms with Crippen LogP contribution in [0.1, 0.15) is 33.1 Å². The van der Waals surface area contributed by atoms with Crippen molar-refractivity contribution < 1.29 is 13.9 Å². The Morgan fingerprint density at radius 2 is 2.09 bits per heavy atom. The first-order chi connectivity index (χ1) is 15.3. The van der Waals surface area contributed by atoms with Crippen LogP contribution in [0, 0.1) is 5.82 Å². The smallest absolute Gasteiger partial charge is 0.167 e. The van der Waals surface area contributed by atoms with Gasteiger partial charge in [0.15, 0.2) is 11.6 Å². The molecule has 9 heteroatoms. The molecule has 1 fully saturated rings. The zero-order valence-electron chi connectivity index (χ0n) is 18.1. The molecule has 0 saturated heterocycles. The highest BCUT2D eigenvalue weighted by Gasteiger charge is 2.40. The molecule has 32 heavy (non-hydrogen) atoms. The minimum Gasteiger partial charge on any atom is -0.484 e. The van der Waals surface area contributed by atoms with Crippen molar-refractivity contribution >= 4 is 16.7 Å². The fourth-order valence-electron chi connectivity index (χ4n) is 3.78. The number of hydrogen-bond donors (Lipinski definition) is 2. The average molecular weight is 436 g/mol. The second-order valence-electron chi connectivity index (χ2n) is 8.64. The molecule has 8 nitrogen and oxygen atoms in total. The minimum atomic E-state index is -0.410. The lowest BCUT2D eigenvalue weighted by molar-refractivity contribution is 0.191. The molecule has 1 saturated carbocycles. The van der Waals surface area contributed by atoms with Gasteiger partial charge < -0.3 is 20.1 Å². The molecule has 0 atom stereocenters. The number of allylic oxidation sites excluding steroid dienone is 1. The van der Waals surface area contributed by atoms with Crippen molar-refractivity contribution in [2.45, 2.75) is 38.7 Å². The number of nitrogens with one attached hydrogen (secondary N) is 1. The molecular weight excluding hydrogens is 411 g/mol. The highest BCUT2D eigenvalue weighted by Crippen LogP contribution is 2.41. The molecule has 1 aliphatic heterocycles. The highest BCUT2D eigenvalue weighted by atomic mass is 19.1. The van der Waals surface area contributed by atoms with E-state index < -0.39 is 5.82 Å². The summed E-state index contributed by atoms with van der Waals surface area (Å²) in [6.07, 6.45) is 3.99. The Balaban J connectivity index is 1.45. The Morgan fingerprint density at radius 1 is 1.28 bits per heavy atom. The van der Waals surface area contributed by atoms with E-state index >= 15 is 0 Å². The Labute approximate surface area is 184 Å². The van der Waals surface area contributed by atoms with Gasteiger partial charge in [0.1, 0.15) is 29.2 Å². The molecule has 3 N–H and O–H groups in total. The van der Waals surface area contributed by atoms with E-state index in [2.05, 4.69) is 31.6 Å². The second-order valence-corrected chi connectivity index (χ2v) is 8.64. The molecule has 166 valence electrons. The maximum Gasteiger partial charge on any atom is 0.167 e. The molecule has 0 amide bonds. The van der Waals surface area contributed by atoms with E-state index in [0.29, 0.717) is 47.9 Å². The van der Waals surface area contributed by atoms with E-state index in [1.54, 1.807) is 13.0 Å². The van der Waals surface area contributed by atoms with Gasteiger partial charge in [-0.05, 0) is 32.8 Å². The van der Waals surface area contributed by atoms with Gasteiger partial charge in [0.05, 0.1) is 29.2 Å². The standard InChI is InChI=1S/C23H25FN6O2/c1-13(2)31-19-4-7-30(11-16(19)25)21-10-18(26-12-27-21)22-14-8-20(32-23(3)5-6-23)15(24)9-17(14)28-29-22/h8-10,12H,1,4-7,11,25H2,2-3H3,(H,28,29). The van der Waals surface area contributed by atoms with Crippen molar-refractivity contribution in [3.8, 4) is 17.1 Å². The van der Waals surface area contributed by atoms with Crippen LogP contribution in [0.2, 0.25) is 0 Å². The summed E-state index contributed by atoms with van der Waals surface area (Å²) in [6.45, 7) is 8.74. The third-order valence-corrected chi connectivity index (χ3v) is 5.77. The van der Waals surface area contributed by atoms with Gasteiger partial charge in [0, 0.05) is 30.5 Å². The van der Waals surface area contributed by atoms with E-state index in [-0.39, 0.29) is 11.4 Å². The fraction of sp³-hybridized carbons (Fsp3) is 0.348. The number of nitrogens with zero attached hydrogens (tertiary/aromatic N) is 4. The molecule has 3 heterocycles. The summed E-state index contributed by atoms with van der Waals surface area (Å²) < 4.78 is 26.0. The SMILES string of the molecule is C=C(C)OC1=C(N)CN(c2cc(-c3n[nH]c4cc(F)c(OC5(C)CC5)cc34)ncn2)CC1. The van der Waals surface area contributed by atoms with Crippen LogP contribution in [0.4, 0.5) is 10.2 Å². The first-order valence-corrected chi connectivity index (χ1v) is 10.6. The van der Waals surface area contributed by atoms with Crippen molar-refractivity contribution in [1.29, 1.82) is 0 Å². The van der Waals surface area contributed by atoms with Crippen LogP contribution in [0.15, 0.2) is 48.3 Å². The maximum absolute atomic E-state index is 14.5. The van der Waals surface area contributed by atoms with Gasteiger partial charge in [-0.1, -0.05) is 6.58 Å². The van der Waals surface area contributed by atoms with Crippen LogP contribution in [0.5, 0.6) is 5.75 Å². The van der Waals surface area contributed by atoms with Crippen molar-refractivity contribution in [1.82, 2.24) is 20.2 Å². The number of nitrogens with two attached hydrogens (primary N) is 1. The summed E-state index contributed by atoms with van der Waals surface area (Å²) in [5.41, 5.74) is 8.40. The molecular formula is C23H25FN6O2. The lowest BCUT2D eigenvalue weighted by Gasteiger charge is -2.29. The fourth-order valence-corrected chi connectivity index (χ4v) is 3.78. The summed E-state index contributed by atoms with van der Waals surface area (Å²) in [7, 11) is 0. The lowest BCUT2D eigenvalue weighted by atomic mass is 10.1. The van der Waals surface area contributed by atoms with E-state index in [9.17, 15) is 4.39 Å².